The van der Waals surface area contributed by atoms with Crippen molar-refractivity contribution in [3.8, 4) is 5.75 Å². The average Bonchev–Trinajstić information content (AvgIpc) is 3.12. The van der Waals surface area contributed by atoms with Gasteiger partial charge in [-0.25, -0.2) is 5.43 Å². The Bertz CT molecular complexity index is 703. The molecular formula is C16H17ClN3O6-. The van der Waals surface area contributed by atoms with Crippen LogP contribution in [0, 0.1) is 0 Å². The normalized spacial score (nSPS) is 16.4. The predicted octanol–water partition coefficient (Wildman–Crippen LogP) is -0.786. The van der Waals surface area contributed by atoms with Crippen LogP contribution in [0.25, 0.3) is 0 Å². The molecule has 0 aromatic heterocycles. The highest BCUT2D eigenvalue weighted by Gasteiger charge is 2.18. The summed E-state index contributed by atoms with van der Waals surface area (Å²) in [6, 6.07) is 4.45. The van der Waals surface area contributed by atoms with Crippen molar-refractivity contribution in [2.75, 3.05) is 19.8 Å². The summed E-state index contributed by atoms with van der Waals surface area (Å²) in [5.74, 6) is -2.90. The van der Waals surface area contributed by atoms with Crippen molar-refractivity contribution in [1.82, 2.24) is 10.7 Å². The highest BCUT2D eigenvalue weighted by Crippen LogP contribution is 2.24. The van der Waals surface area contributed by atoms with Crippen molar-refractivity contribution in [3.05, 3.63) is 28.8 Å². The summed E-state index contributed by atoms with van der Waals surface area (Å²) in [4.78, 5) is 33.6. The highest BCUT2D eigenvalue weighted by atomic mass is 35.5. The van der Waals surface area contributed by atoms with Crippen molar-refractivity contribution in [1.29, 1.82) is 0 Å². The predicted molar refractivity (Wildman–Crippen MR) is 89.7 cm³/mol. The maximum atomic E-state index is 11.6. The number of aliphatic carboxylic acids is 1. The molecule has 1 saturated heterocycles. The molecule has 2 rings (SSSR count). The van der Waals surface area contributed by atoms with E-state index in [2.05, 4.69) is 15.8 Å². The fourth-order valence-corrected chi connectivity index (χ4v) is 2.40. The second-order valence-corrected chi connectivity index (χ2v) is 5.80. The Kier molecular flexibility index (Phi) is 7.37. The number of hydrogen-bond acceptors (Lipinski definition) is 7. The molecule has 10 heteroatoms. The second kappa shape index (κ2) is 9.73. The van der Waals surface area contributed by atoms with E-state index in [9.17, 15) is 19.5 Å². The number of hydrogen-bond donors (Lipinski definition) is 2. The van der Waals surface area contributed by atoms with Crippen LogP contribution in [0.3, 0.4) is 0 Å². The number of nitrogens with one attached hydrogen (secondary N) is 2. The molecule has 1 aromatic rings. The lowest BCUT2D eigenvalue weighted by molar-refractivity contribution is -0.307. The van der Waals surface area contributed by atoms with Crippen molar-refractivity contribution in [3.63, 3.8) is 0 Å². The molecule has 2 N–H and O–H groups in total. The number of halogens is 1. The first-order chi connectivity index (χ1) is 12.5. The van der Waals surface area contributed by atoms with Crippen LogP contribution in [-0.2, 0) is 19.1 Å². The first-order valence-electron chi connectivity index (χ1n) is 7.80. The number of hydrazone groups is 1. The van der Waals surface area contributed by atoms with E-state index in [0.29, 0.717) is 12.2 Å². The quantitative estimate of drug-likeness (QED) is 0.361. The van der Waals surface area contributed by atoms with Gasteiger partial charge in [0.05, 0.1) is 23.3 Å². The third-order valence-electron chi connectivity index (χ3n) is 3.40. The number of carbonyl (C=O) groups is 3. The summed E-state index contributed by atoms with van der Waals surface area (Å²) in [5, 5.41) is 16.7. The molecule has 0 saturated carbocycles. The Balaban J connectivity index is 1.79. The molecule has 0 unspecified atom stereocenters. The molecular weight excluding hydrogens is 366 g/mol. The van der Waals surface area contributed by atoms with Gasteiger partial charge in [0, 0.05) is 13.2 Å². The molecule has 1 aliphatic heterocycles. The minimum absolute atomic E-state index is 0.0602. The number of ether oxygens (including phenoxy) is 2. The van der Waals surface area contributed by atoms with E-state index < -0.39 is 24.4 Å². The van der Waals surface area contributed by atoms with Crippen LogP contribution in [0.2, 0.25) is 5.02 Å². The lowest BCUT2D eigenvalue weighted by Gasteiger charge is -2.09. The van der Waals surface area contributed by atoms with Crippen molar-refractivity contribution in [2.45, 2.75) is 18.9 Å². The topological polar surface area (TPSA) is 129 Å². The minimum atomic E-state index is -1.37. The molecule has 1 aliphatic rings. The van der Waals surface area contributed by atoms with E-state index in [1.165, 1.54) is 18.3 Å². The number of benzene rings is 1. The maximum Gasteiger partial charge on any atom is 0.329 e. The number of carboxylic acid groups (broad SMARTS) is 1. The van der Waals surface area contributed by atoms with Crippen LogP contribution < -0.4 is 20.6 Å². The van der Waals surface area contributed by atoms with Gasteiger partial charge in [0.15, 0.2) is 0 Å². The molecule has 0 spiro atoms. The first-order valence-corrected chi connectivity index (χ1v) is 8.18. The molecule has 0 radical (unpaired) electrons. The Hall–Kier alpha value is -2.65. The summed E-state index contributed by atoms with van der Waals surface area (Å²) in [7, 11) is 0. The Morgan fingerprint density at radius 1 is 1.38 bits per heavy atom. The number of carbonyl (C=O) groups excluding carboxylic acids is 3. The van der Waals surface area contributed by atoms with Gasteiger partial charge in [-0.3, -0.25) is 9.59 Å². The fraction of sp³-hybridized carbons (Fsp3) is 0.375. The second-order valence-electron chi connectivity index (χ2n) is 5.39. The van der Waals surface area contributed by atoms with Gasteiger partial charge in [-0.05, 0) is 36.6 Å². The summed E-state index contributed by atoms with van der Waals surface area (Å²) in [5.41, 5.74) is 2.61. The van der Waals surface area contributed by atoms with Gasteiger partial charge in [-0.1, -0.05) is 11.6 Å². The van der Waals surface area contributed by atoms with Gasteiger partial charge in [0.1, 0.15) is 12.4 Å². The highest BCUT2D eigenvalue weighted by molar-refractivity contribution is 6.35. The zero-order valence-corrected chi connectivity index (χ0v) is 14.5. The molecule has 1 atom stereocenters. The SMILES string of the molecule is O=C([O-])COc1ccc(/C=N\NC(=O)C(=O)NC[C@H]2CCCO2)cc1Cl. The van der Waals surface area contributed by atoms with E-state index in [1.807, 2.05) is 0 Å². The zero-order chi connectivity index (χ0) is 18.9. The molecule has 2 amide bonds. The Labute approximate surface area is 154 Å². The molecule has 26 heavy (non-hydrogen) atoms. The molecule has 1 fully saturated rings. The molecule has 140 valence electrons. The molecule has 0 aliphatic carbocycles. The van der Waals surface area contributed by atoms with Gasteiger partial charge in [0.25, 0.3) is 0 Å². The molecule has 9 nitrogen and oxygen atoms in total. The standard InChI is InChI=1S/C16H18ClN3O6/c17-12-6-10(3-4-13(12)26-9-14(21)22)7-19-20-16(24)15(23)18-8-11-2-1-5-25-11/h3-4,6-7,11H,1-2,5,8-9H2,(H,18,23)(H,20,24)(H,21,22)/p-1/b19-7-/t11-/m1/s1. The van der Waals surface area contributed by atoms with E-state index in [-0.39, 0.29) is 23.4 Å². The van der Waals surface area contributed by atoms with Crippen LogP contribution >= 0.6 is 11.6 Å². The van der Waals surface area contributed by atoms with Crippen molar-refractivity contribution in [2.24, 2.45) is 5.10 Å². The zero-order valence-electron chi connectivity index (χ0n) is 13.7. The summed E-state index contributed by atoms with van der Waals surface area (Å²) in [6.07, 6.45) is 3.01. The molecule has 1 aromatic carbocycles. The smallest absolute Gasteiger partial charge is 0.329 e. The van der Waals surface area contributed by atoms with E-state index in [4.69, 9.17) is 21.1 Å². The largest absolute Gasteiger partial charge is 0.546 e. The first kappa shape index (κ1) is 19.7. The fourth-order valence-electron chi connectivity index (χ4n) is 2.16. The molecule has 0 bridgehead atoms. The van der Waals surface area contributed by atoms with Gasteiger partial charge >= 0.3 is 11.8 Å². The third-order valence-corrected chi connectivity index (χ3v) is 3.70. The number of carboxylic acids is 1. The maximum absolute atomic E-state index is 11.6. The third kappa shape index (κ3) is 6.34. The van der Waals surface area contributed by atoms with Gasteiger partial charge in [0.2, 0.25) is 0 Å². The van der Waals surface area contributed by atoms with E-state index >= 15 is 0 Å². The van der Waals surface area contributed by atoms with Gasteiger partial charge in [-0.15, -0.1) is 0 Å². The van der Waals surface area contributed by atoms with Crippen LogP contribution in [0.4, 0.5) is 0 Å². The van der Waals surface area contributed by atoms with E-state index in [1.54, 1.807) is 6.07 Å². The van der Waals surface area contributed by atoms with Gasteiger partial charge < -0.3 is 24.7 Å². The summed E-state index contributed by atoms with van der Waals surface area (Å²) in [6.45, 7) is 0.319. The Morgan fingerprint density at radius 3 is 2.85 bits per heavy atom. The Morgan fingerprint density at radius 2 is 2.19 bits per heavy atom. The lowest BCUT2D eigenvalue weighted by atomic mass is 10.2. The molecule has 1 heterocycles. The van der Waals surface area contributed by atoms with Crippen LogP contribution in [0.1, 0.15) is 18.4 Å². The monoisotopic (exact) mass is 382 g/mol. The van der Waals surface area contributed by atoms with Crippen molar-refractivity contribution >= 4 is 35.6 Å². The average molecular weight is 383 g/mol. The van der Waals surface area contributed by atoms with Crippen LogP contribution in [-0.4, -0.2) is 49.9 Å². The minimum Gasteiger partial charge on any atom is -0.546 e. The number of amides is 2. The number of rotatable bonds is 7. The lowest BCUT2D eigenvalue weighted by Crippen LogP contribution is -2.41. The van der Waals surface area contributed by atoms with Crippen LogP contribution in [0.5, 0.6) is 5.75 Å². The van der Waals surface area contributed by atoms with E-state index in [0.717, 1.165) is 12.8 Å². The summed E-state index contributed by atoms with van der Waals surface area (Å²) < 4.78 is 10.3. The summed E-state index contributed by atoms with van der Waals surface area (Å²) >= 11 is 5.94. The number of nitrogens with zero attached hydrogens (tertiary/aromatic N) is 1. The van der Waals surface area contributed by atoms with Crippen molar-refractivity contribution < 1.29 is 29.0 Å². The van der Waals surface area contributed by atoms with Gasteiger partial charge in [-0.2, -0.15) is 5.10 Å². The van der Waals surface area contributed by atoms with Crippen LogP contribution in [0.15, 0.2) is 23.3 Å².